The van der Waals surface area contributed by atoms with Crippen molar-refractivity contribution >= 4 is 17.7 Å². The smallest absolute Gasteiger partial charge is 0.235 e. The van der Waals surface area contributed by atoms with Gasteiger partial charge in [0.15, 0.2) is 5.16 Å². The van der Waals surface area contributed by atoms with Crippen molar-refractivity contribution in [2.24, 2.45) is 5.92 Å². The molecule has 1 aromatic carbocycles. The summed E-state index contributed by atoms with van der Waals surface area (Å²) in [4.78, 5) is 19.3. The van der Waals surface area contributed by atoms with E-state index in [4.69, 9.17) is 0 Å². The van der Waals surface area contributed by atoms with E-state index in [-0.39, 0.29) is 11.2 Å². The third-order valence-electron chi connectivity index (χ3n) is 4.94. The average Bonchev–Trinajstić information content (AvgIpc) is 3.02. The minimum Gasteiger partial charge on any atom is -0.342 e. The molecule has 1 amide bonds. The molecule has 1 atom stereocenters. The fraction of sp³-hybridized carbons (Fsp3) is 0.500. The first kappa shape index (κ1) is 18.1. The van der Waals surface area contributed by atoms with Crippen LogP contribution in [0, 0.1) is 19.8 Å². The van der Waals surface area contributed by atoms with Gasteiger partial charge in [-0.2, -0.15) is 0 Å². The van der Waals surface area contributed by atoms with Crippen molar-refractivity contribution in [3.63, 3.8) is 0 Å². The van der Waals surface area contributed by atoms with E-state index < -0.39 is 0 Å². The van der Waals surface area contributed by atoms with Crippen LogP contribution in [-0.2, 0) is 4.79 Å². The molecule has 1 saturated heterocycles. The zero-order valence-electron chi connectivity index (χ0n) is 15.5. The molecule has 1 unspecified atom stereocenters. The van der Waals surface area contributed by atoms with Gasteiger partial charge in [-0.15, -0.1) is 0 Å². The molecule has 0 bridgehead atoms. The van der Waals surface area contributed by atoms with Crippen molar-refractivity contribution in [1.29, 1.82) is 0 Å². The first-order valence-corrected chi connectivity index (χ1v) is 9.90. The van der Waals surface area contributed by atoms with Gasteiger partial charge in [0, 0.05) is 25.5 Å². The molecule has 3 rings (SSSR count). The van der Waals surface area contributed by atoms with E-state index in [0.29, 0.717) is 0 Å². The first-order valence-electron chi connectivity index (χ1n) is 9.02. The molecular weight excluding hydrogens is 330 g/mol. The van der Waals surface area contributed by atoms with Crippen LogP contribution in [0.3, 0.4) is 0 Å². The molecule has 0 N–H and O–H groups in total. The van der Waals surface area contributed by atoms with E-state index in [0.717, 1.165) is 42.7 Å². The minimum atomic E-state index is -0.125. The summed E-state index contributed by atoms with van der Waals surface area (Å²) in [6.45, 7) is 10.2. The second-order valence-corrected chi connectivity index (χ2v) is 8.45. The predicted molar refractivity (Wildman–Crippen MR) is 103 cm³/mol. The van der Waals surface area contributed by atoms with Gasteiger partial charge in [-0.1, -0.05) is 36.4 Å². The highest BCUT2D eigenvalue weighted by Crippen LogP contribution is 2.28. The molecule has 1 aromatic heterocycles. The summed E-state index contributed by atoms with van der Waals surface area (Å²) >= 11 is 1.55. The number of likely N-dealkylation sites (tertiary alicyclic amines) is 1. The van der Waals surface area contributed by atoms with Gasteiger partial charge in [-0.25, -0.2) is 4.98 Å². The molecule has 0 aliphatic carbocycles. The number of imidazole rings is 1. The predicted octanol–water partition coefficient (Wildman–Crippen LogP) is 4.23. The molecule has 134 valence electrons. The van der Waals surface area contributed by atoms with Crippen molar-refractivity contribution < 1.29 is 4.79 Å². The molecule has 0 saturated carbocycles. The molecule has 1 aliphatic heterocycles. The number of aromatic nitrogens is 2. The second kappa shape index (κ2) is 7.65. The highest BCUT2D eigenvalue weighted by Gasteiger charge is 2.26. The number of carbonyl (C=O) groups is 1. The summed E-state index contributed by atoms with van der Waals surface area (Å²) < 4.78 is 2.08. The molecule has 0 radical (unpaired) electrons. The van der Waals surface area contributed by atoms with Gasteiger partial charge in [0.2, 0.25) is 5.91 Å². The Bertz CT molecular complexity index is 747. The lowest BCUT2D eigenvalue weighted by atomic mass is 9.99. The van der Waals surface area contributed by atoms with Gasteiger partial charge in [-0.3, -0.25) is 9.36 Å². The zero-order valence-corrected chi connectivity index (χ0v) is 16.3. The number of thioether (sulfide) groups is 1. The number of hydrogen-bond acceptors (Lipinski definition) is 3. The third kappa shape index (κ3) is 4.09. The van der Waals surface area contributed by atoms with Crippen LogP contribution in [0.2, 0.25) is 0 Å². The summed E-state index contributed by atoms with van der Waals surface area (Å²) in [5.74, 6) is 0.961. The SMILES string of the molecule is Cc1ccc(-n2ccnc2SC(C)C(=O)N2CCC(C)CC2)c(C)c1. The van der Waals surface area contributed by atoms with Gasteiger partial charge >= 0.3 is 0 Å². The maximum atomic E-state index is 12.8. The number of carbonyl (C=O) groups excluding carboxylic acids is 1. The summed E-state index contributed by atoms with van der Waals surface area (Å²) in [5.41, 5.74) is 3.58. The zero-order chi connectivity index (χ0) is 18.0. The average molecular weight is 358 g/mol. The Hall–Kier alpha value is -1.75. The van der Waals surface area contributed by atoms with E-state index in [2.05, 4.69) is 48.5 Å². The lowest BCUT2D eigenvalue weighted by Gasteiger charge is -2.32. The number of hydrogen-bond donors (Lipinski definition) is 0. The van der Waals surface area contributed by atoms with Crippen molar-refractivity contribution in [2.45, 2.75) is 50.9 Å². The van der Waals surface area contributed by atoms with E-state index >= 15 is 0 Å². The Labute approximate surface area is 154 Å². The molecule has 5 heteroatoms. The van der Waals surface area contributed by atoms with Crippen LogP contribution in [0.4, 0.5) is 0 Å². The number of aryl methyl sites for hydroxylation is 2. The summed E-state index contributed by atoms with van der Waals surface area (Å²) in [6.07, 6.45) is 6.00. The maximum Gasteiger partial charge on any atom is 0.235 e. The number of rotatable bonds is 4. The summed E-state index contributed by atoms with van der Waals surface area (Å²) in [6, 6.07) is 6.41. The van der Waals surface area contributed by atoms with Crippen LogP contribution in [0.5, 0.6) is 0 Å². The van der Waals surface area contributed by atoms with Crippen LogP contribution in [-0.4, -0.2) is 38.7 Å². The van der Waals surface area contributed by atoms with E-state index in [1.54, 1.807) is 18.0 Å². The van der Waals surface area contributed by atoms with Gasteiger partial charge in [0.1, 0.15) is 0 Å². The van der Waals surface area contributed by atoms with Crippen molar-refractivity contribution in [3.05, 3.63) is 41.7 Å². The van der Waals surface area contributed by atoms with Crippen LogP contribution in [0.15, 0.2) is 35.7 Å². The summed E-state index contributed by atoms with van der Waals surface area (Å²) in [7, 11) is 0. The highest BCUT2D eigenvalue weighted by molar-refractivity contribution is 8.00. The summed E-state index contributed by atoms with van der Waals surface area (Å²) in [5, 5.41) is 0.749. The molecular formula is C20H27N3OS. The van der Waals surface area contributed by atoms with Crippen LogP contribution >= 0.6 is 11.8 Å². The number of piperidine rings is 1. The Morgan fingerprint density at radius 2 is 2.00 bits per heavy atom. The van der Waals surface area contributed by atoms with Crippen LogP contribution in [0.1, 0.15) is 37.8 Å². The fourth-order valence-electron chi connectivity index (χ4n) is 3.33. The lowest BCUT2D eigenvalue weighted by Crippen LogP contribution is -2.41. The standard InChI is InChI=1S/C20H27N3OS/c1-14-7-10-22(11-8-14)19(24)17(4)25-20-21-9-12-23(20)18-6-5-15(2)13-16(18)3/h5-6,9,12-14,17H,7-8,10-11H2,1-4H3. The largest absolute Gasteiger partial charge is 0.342 e. The van der Waals surface area contributed by atoms with E-state index in [1.807, 2.05) is 18.0 Å². The first-order chi connectivity index (χ1) is 12.0. The van der Waals surface area contributed by atoms with Crippen molar-refractivity contribution in [1.82, 2.24) is 14.5 Å². The molecule has 0 spiro atoms. The maximum absolute atomic E-state index is 12.8. The van der Waals surface area contributed by atoms with Gasteiger partial charge in [0.25, 0.3) is 0 Å². The molecule has 1 fully saturated rings. The van der Waals surface area contributed by atoms with Gasteiger partial charge < -0.3 is 4.90 Å². The van der Waals surface area contributed by atoms with E-state index in [1.165, 1.54) is 11.1 Å². The Morgan fingerprint density at radius 1 is 1.28 bits per heavy atom. The van der Waals surface area contributed by atoms with Crippen molar-refractivity contribution in [2.75, 3.05) is 13.1 Å². The lowest BCUT2D eigenvalue weighted by molar-refractivity contribution is -0.131. The second-order valence-electron chi connectivity index (χ2n) is 7.14. The number of benzene rings is 1. The normalized spacial score (nSPS) is 16.9. The molecule has 2 aromatic rings. The number of amides is 1. The topological polar surface area (TPSA) is 38.1 Å². The van der Waals surface area contributed by atoms with Crippen LogP contribution in [0.25, 0.3) is 5.69 Å². The highest BCUT2D eigenvalue weighted by atomic mass is 32.2. The quantitative estimate of drug-likeness (QED) is 0.769. The van der Waals surface area contributed by atoms with E-state index in [9.17, 15) is 4.79 Å². The fourth-order valence-corrected chi connectivity index (χ4v) is 4.29. The Balaban J connectivity index is 1.73. The van der Waals surface area contributed by atoms with Gasteiger partial charge in [0.05, 0.1) is 10.9 Å². The minimum absolute atomic E-state index is 0.125. The molecule has 2 heterocycles. The number of nitrogens with zero attached hydrogens (tertiary/aromatic N) is 3. The molecule has 4 nitrogen and oxygen atoms in total. The molecule has 25 heavy (non-hydrogen) atoms. The monoisotopic (exact) mass is 357 g/mol. The van der Waals surface area contributed by atoms with Gasteiger partial charge in [-0.05, 0) is 51.2 Å². The Kier molecular flexibility index (Phi) is 5.52. The van der Waals surface area contributed by atoms with Crippen molar-refractivity contribution in [3.8, 4) is 5.69 Å². The Morgan fingerprint density at radius 3 is 2.68 bits per heavy atom. The third-order valence-corrected chi connectivity index (χ3v) is 6.01. The molecule has 1 aliphatic rings. The van der Waals surface area contributed by atoms with Crippen LogP contribution < -0.4 is 0 Å².